The Labute approximate surface area is 155 Å². The fourth-order valence-electron chi connectivity index (χ4n) is 4.09. The van der Waals surface area contributed by atoms with Crippen LogP contribution in [0, 0.1) is 0 Å². The molecule has 0 nitrogen and oxygen atoms in total. The van der Waals surface area contributed by atoms with Crippen molar-refractivity contribution in [1.82, 2.24) is 0 Å². The van der Waals surface area contributed by atoms with Gasteiger partial charge in [0.15, 0.2) is 0 Å². The number of fused-ring (bicyclic) bond motifs is 3. The van der Waals surface area contributed by atoms with Crippen molar-refractivity contribution in [2.45, 2.75) is 26.2 Å². The molecule has 2 aliphatic carbocycles. The summed E-state index contributed by atoms with van der Waals surface area (Å²) in [5, 5.41) is 0. The molecule has 0 radical (unpaired) electrons. The molecule has 26 heavy (non-hydrogen) atoms. The van der Waals surface area contributed by atoms with E-state index < -0.39 is 0 Å². The van der Waals surface area contributed by atoms with Crippen molar-refractivity contribution < 1.29 is 0 Å². The van der Waals surface area contributed by atoms with Gasteiger partial charge in [0.2, 0.25) is 0 Å². The SMILES string of the molecule is C=Cc1cccc(-c2ccc3c(c2)C(C)(C)C2=CC(C)=C=C=C23)c1C=C. The van der Waals surface area contributed by atoms with Gasteiger partial charge in [0.1, 0.15) is 0 Å². The number of benzene rings is 2. The minimum absolute atomic E-state index is 0.0403. The Kier molecular flexibility index (Phi) is 3.63. The molecular formula is C26H22. The minimum atomic E-state index is -0.0403. The molecule has 0 saturated carbocycles. The van der Waals surface area contributed by atoms with E-state index in [-0.39, 0.29) is 5.41 Å². The average Bonchev–Trinajstić information content (AvgIpc) is 2.87. The van der Waals surface area contributed by atoms with Gasteiger partial charge < -0.3 is 0 Å². The van der Waals surface area contributed by atoms with Gasteiger partial charge in [0.05, 0.1) is 0 Å². The van der Waals surface area contributed by atoms with Crippen molar-refractivity contribution in [1.29, 1.82) is 0 Å². The van der Waals surface area contributed by atoms with Crippen molar-refractivity contribution in [3.63, 3.8) is 0 Å². The third-order valence-electron chi connectivity index (χ3n) is 5.53. The molecule has 126 valence electrons. The monoisotopic (exact) mass is 334 g/mol. The molecule has 0 aliphatic heterocycles. The summed E-state index contributed by atoms with van der Waals surface area (Å²) < 4.78 is 0. The molecule has 2 aliphatic rings. The fourth-order valence-corrected chi connectivity index (χ4v) is 4.09. The maximum Gasteiger partial charge on any atom is 0.0365 e. The highest BCUT2D eigenvalue weighted by Gasteiger charge is 2.39. The van der Waals surface area contributed by atoms with Crippen molar-refractivity contribution in [3.8, 4) is 11.1 Å². The molecule has 0 fully saturated rings. The van der Waals surface area contributed by atoms with Crippen LogP contribution in [0.5, 0.6) is 0 Å². The highest BCUT2D eigenvalue weighted by Crippen LogP contribution is 2.51. The topological polar surface area (TPSA) is 0 Å². The van der Waals surface area contributed by atoms with E-state index in [4.69, 9.17) is 0 Å². The Morgan fingerprint density at radius 3 is 2.50 bits per heavy atom. The second-order valence-corrected chi connectivity index (χ2v) is 7.47. The van der Waals surface area contributed by atoms with Crippen LogP contribution in [0.2, 0.25) is 0 Å². The van der Waals surface area contributed by atoms with E-state index in [1.165, 1.54) is 33.4 Å². The maximum absolute atomic E-state index is 4.01. The Bertz CT molecular complexity index is 1100. The van der Waals surface area contributed by atoms with Crippen LogP contribution in [0.25, 0.3) is 28.9 Å². The molecule has 0 atom stereocenters. The summed E-state index contributed by atoms with van der Waals surface area (Å²) in [6.45, 7) is 14.6. The molecule has 2 aromatic rings. The first-order chi connectivity index (χ1) is 12.5. The van der Waals surface area contributed by atoms with Crippen LogP contribution in [0.4, 0.5) is 0 Å². The summed E-state index contributed by atoms with van der Waals surface area (Å²) in [5.74, 6) is 0. The molecule has 0 amide bonds. The molecule has 4 rings (SSSR count). The van der Waals surface area contributed by atoms with Gasteiger partial charge in [-0.25, -0.2) is 0 Å². The second-order valence-electron chi connectivity index (χ2n) is 7.47. The molecule has 0 saturated heterocycles. The van der Waals surface area contributed by atoms with Gasteiger partial charge in [-0.3, -0.25) is 0 Å². The molecule has 2 aromatic carbocycles. The zero-order chi connectivity index (χ0) is 18.5. The van der Waals surface area contributed by atoms with E-state index >= 15 is 0 Å². The van der Waals surface area contributed by atoms with Crippen LogP contribution in [-0.2, 0) is 5.41 Å². The summed E-state index contributed by atoms with van der Waals surface area (Å²) in [6, 6.07) is 13.1. The standard InChI is InChI=1S/C26H22/c1-6-18-9-8-10-21(20(18)7-2)19-12-14-23-22-13-11-17(3)15-24(22)26(4,5)25(23)16-19/h6-10,12,14-16H,1-2H2,3-5H3. The van der Waals surface area contributed by atoms with Gasteiger partial charge in [0, 0.05) is 11.0 Å². The molecular weight excluding hydrogens is 312 g/mol. The number of hydrogen-bond acceptors (Lipinski definition) is 0. The third-order valence-corrected chi connectivity index (χ3v) is 5.53. The van der Waals surface area contributed by atoms with E-state index in [9.17, 15) is 0 Å². The maximum atomic E-state index is 4.01. The van der Waals surface area contributed by atoms with Crippen molar-refractivity contribution in [2.75, 3.05) is 0 Å². The van der Waals surface area contributed by atoms with Crippen LogP contribution >= 0.6 is 0 Å². The van der Waals surface area contributed by atoms with Crippen LogP contribution in [0.1, 0.15) is 43.0 Å². The summed E-state index contributed by atoms with van der Waals surface area (Å²) >= 11 is 0. The zero-order valence-corrected chi connectivity index (χ0v) is 15.6. The van der Waals surface area contributed by atoms with Gasteiger partial charge >= 0.3 is 0 Å². The van der Waals surface area contributed by atoms with Crippen molar-refractivity contribution in [2.24, 2.45) is 0 Å². The number of allylic oxidation sites excluding steroid dienone is 4. The predicted octanol–water partition coefficient (Wildman–Crippen LogP) is 6.95. The molecule has 0 heterocycles. The van der Waals surface area contributed by atoms with Gasteiger partial charge in [-0.1, -0.05) is 81.0 Å². The molecule has 0 heteroatoms. The average molecular weight is 334 g/mol. The van der Waals surface area contributed by atoms with Crippen LogP contribution in [0.15, 0.2) is 78.2 Å². The lowest BCUT2D eigenvalue weighted by molar-refractivity contribution is 0.660. The first-order valence-electron chi connectivity index (χ1n) is 8.95. The summed E-state index contributed by atoms with van der Waals surface area (Å²) in [5.41, 5.74) is 17.5. The van der Waals surface area contributed by atoms with Crippen LogP contribution in [-0.4, -0.2) is 0 Å². The van der Waals surface area contributed by atoms with E-state index in [2.05, 4.69) is 87.9 Å². The highest BCUT2D eigenvalue weighted by atomic mass is 14.4. The molecule has 0 aromatic heterocycles. The van der Waals surface area contributed by atoms with Gasteiger partial charge in [-0.05, 0) is 63.6 Å². The van der Waals surface area contributed by atoms with Crippen molar-refractivity contribution >= 4 is 17.7 Å². The Hall–Kier alpha value is -3.04. The molecule has 0 N–H and O–H groups in total. The summed E-state index contributed by atoms with van der Waals surface area (Å²) in [7, 11) is 0. The largest absolute Gasteiger partial charge is 0.0984 e. The Balaban J connectivity index is 1.96. The first kappa shape index (κ1) is 16.4. The smallest absolute Gasteiger partial charge is 0.0365 e. The fraction of sp³-hybridized carbons (Fsp3) is 0.154. The van der Waals surface area contributed by atoms with Crippen molar-refractivity contribution in [3.05, 3.63) is 100 Å². The van der Waals surface area contributed by atoms with E-state index in [0.717, 1.165) is 16.7 Å². The van der Waals surface area contributed by atoms with Crippen LogP contribution in [0.3, 0.4) is 0 Å². The number of hydrogen-bond donors (Lipinski definition) is 0. The predicted molar refractivity (Wildman–Crippen MR) is 113 cm³/mol. The van der Waals surface area contributed by atoms with E-state index in [1.807, 2.05) is 12.2 Å². The van der Waals surface area contributed by atoms with Gasteiger partial charge in [0.25, 0.3) is 0 Å². The highest BCUT2D eigenvalue weighted by molar-refractivity contribution is 5.92. The lowest BCUT2D eigenvalue weighted by Crippen LogP contribution is -2.15. The second kappa shape index (κ2) is 5.75. The Morgan fingerprint density at radius 1 is 0.962 bits per heavy atom. The van der Waals surface area contributed by atoms with E-state index in [0.29, 0.717) is 0 Å². The molecule has 0 spiro atoms. The normalized spacial score (nSPS) is 16.2. The van der Waals surface area contributed by atoms with Gasteiger partial charge in [-0.2, -0.15) is 0 Å². The first-order valence-corrected chi connectivity index (χ1v) is 8.95. The Morgan fingerprint density at radius 2 is 1.77 bits per heavy atom. The van der Waals surface area contributed by atoms with E-state index in [1.54, 1.807) is 0 Å². The lowest BCUT2D eigenvalue weighted by Gasteiger charge is -2.23. The minimum Gasteiger partial charge on any atom is -0.0984 e. The summed E-state index contributed by atoms with van der Waals surface area (Å²) in [6.07, 6.45) is 6.06. The molecule has 0 unspecified atom stereocenters. The third kappa shape index (κ3) is 2.25. The molecule has 0 bridgehead atoms. The quantitative estimate of drug-likeness (QED) is 0.532. The number of rotatable bonds is 3. The zero-order valence-electron chi connectivity index (χ0n) is 15.6. The summed E-state index contributed by atoms with van der Waals surface area (Å²) in [4.78, 5) is 0. The van der Waals surface area contributed by atoms with Gasteiger partial charge in [-0.15, -0.1) is 0 Å². The lowest BCUT2D eigenvalue weighted by atomic mass is 9.80. The van der Waals surface area contributed by atoms with Crippen LogP contribution < -0.4 is 0 Å².